The van der Waals surface area contributed by atoms with Gasteiger partial charge < -0.3 is 9.88 Å². The van der Waals surface area contributed by atoms with E-state index >= 15 is 0 Å². The van der Waals surface area contributed by atoms with Crippen molar-refractivity contribution >= 4 is 27.7 Å². The monoisotopic (exact) mass is 419 g/mol. The number of H-pyrrole nitrogens is 2. The molecule has 2 aromatic carbocycles. The number of para-hydroxylation sites is 2. The molecule has 158 valence electrons. The van der Waals surface area contributed by atoms with E-state index in [4.69, 9.17) is 0 Å². The second-order valence-electron chi connectivity index (χ2n) is 7.12. The molecular weight excluding hydrogens is 398 g/mol. The van der Waals surface area contributed by atoms with Crippen molar-refractivity contribution in [1.29, 1.82) is 0 Å². The lowest BCUT2D eigenvalue weighted by atomic mass is 10.2. The standard InChI is InChI=1S/C22H21N5O4/c1-2-26(13-18-23-16-9-5-3-7-14(16)20(29)24-18)19(28)11-12-27-17-10-6-4-8-15(17)21(30)25-22(27)31/h3-10H,2,11-13H2,1H3,(H,23,24,29)(H,25,30,31). The molecule has 0 aliphatic carbocycles. The smallest absolute Gasteiger partial charge is 0.328 e. The second kappa shape index (κ2) is 8.39. The van der Waals surface area contributed by atoms with Crippen LogP contribution in [0.15, 0.2) is 62.9 Å². The van der Waals surface area contributed by atoms with Gasteiger partial charge in [0.1, 0.15) is 5.82 Å². The summed E-state index contributed by atoms with van der Waals surface area (Å²) in [6, 6.07) is 13.8. The van der Waals surface area contributed by atoms with E-state index in [9.17, 15) is 19.2 Å². The van der Waals surface area contributed by atoms with Crippen LogP contribution in [0.3, 0.4) is 0 Å². The highest BCUT2D eigenvalue weighted by Gasteiger charge is 2.16. The van der Waals surface area contributed by atoms with Crippen molar-refractivity contribution in [2.24, 2.45) is 0 Å². The quantitative estimate of drug-likeness (QED) is 0.489. The van der Waals surface area contributed by atoms with Crippen LogP contribution in [0, 0.1) is 0 Å². The summed E-state index contributed by atoms with van der Waals surface area (Å²) in [5.41, 5.74) is -0.219. The van der Waals surface area contributed by atoms with Crippen molar-refractivity contribution < 1.29 is 4.79 Å². The van der Waals surface area contributed by atoms with Crippen LogP contribution in [0.1, 0.15) is 19.2 Å². The van der Waals surface area contributed by atoms with Crippen LogP contribution in [0.5, 0.6) is 0 Å². The number of rotatable bonds is 6. The Morgan fingerprint density at radius 1 is 0.968 bits per heavy atom. The van der Waals surface area contributed by atoms with Gasteiger partial charge in [0.25, 0.3) is 11.1 Å². The predicted molar refractivity (Wildman–Crippen MR) is 117 cm³/mol. The number of carbonyl (C=O) groups excluding carboxylic acids is 1. The summed E-state index contributed by atoms with van der Waals surface area (Å²) in [7, 11) is 0. The van der Waals surface area contributed by atoms with Gasteiger partial charge in [-0.05, 0) is 31.2 Å². The van der Waals surface area contributed by atoms with Gasteiger partial charge in [-0.3, -0.25) is 23.9 Å². The molecule has 0 fully saturated rings. The van der Waals surface area contributed by atoms with Crippen LogP contribution < -0.4 is 16.8 Å². The lowest BCUT2D eigenvalue weighted by Crippen LogP contribution is -2.35. The van der Waals surface area contributed by atoms with Crippen LogP contribution in [-0.2, 0) is 17.9 Å². The normalized spacial score (nSPS) is 11.1. The van der Waals surface area contributed by atoms with E-state index < -0.39 is 11.2 Å². The Balaban J connectivity index is 1.55. The lowest BCUT2D eigenvalue weighted by Gasteiger charge is -2.21. The number of hydrogen-bond acceptors (Lipinski definition) is 5. The first kappa shape index (κ1) is 20.3. The first-order chi connectivity index (χ1) is 15.0. The fourth-order valence-corrected chi connectivity index (χ4v) is 3.60. The average Bonchev–Trinajstić information content (AvgIpc) is 2.77. The number of nitrogens with zero attached hydrogens (tertiary/aromatic N) is 3. The SMILES string of the molecule is CCN(Cc1nc2ccccc2c(=O)[nH]1)C(=O)CCn1c(=O)[nH]c(=O)c2ccccc21. The summed E-state index contributed by atoms with van der Waals surface area (Å²) >= 11 is 0. The minimum absolute atomic E-state index is 0.0571. The Kier molecular flexibility index (Phi) is 5.48. The summed E-state index contributed by atoms with van der Waals surface area (Å²) < 4.78 is 1.39. The number of benzene rings is 2. The zero-order valence-corrected chi connectivity index (χ0v) is 16.9. The van der Waals surface area contributed by atoms with E-state index in [0.717, 1.165) is 0 Å². The number of aryl methyl sites for hydroxylation is 1. The fraction of sp³-hybridized carbons (Fsp3) is 0.227. The van der Waals surface area contributed by atoms with Crippen molar-refractivity contribution in [2.45, 2.75) is 26.4 Å². The van der Waals surface area contributed by atoms with Crippen molar-refractivity contribution in [1.82, 2.24) is 24.4 Å². The summed E-state index contributed by atoms with van der Waals surface area (Å²) in [6.45, 7) is 2.51. The average molecular weight is 419 g/mol. The van der Waals surface area contributed by atoms with E-state index in [2.05, 4.69) is 15.0 Å². The van der Waals surface area contributed by atoms with Crippen LogP contribution in [0.4, 0.5) is 0 Å². The molecule has 4 rings (SSSR count). The van der Waals surface area contributed by atoms with E-state index in [1.54, 1.807) is 53.4 Å². The molecule has 0 bridgehead atoms. The number of aromatic amines is 2. The van der Waals surface area contributed by atoms with Crippen molar-refractivity contribution in [3.63, 3.8) is 0 Å². The minimum atomic E-state index is -0.555. The summed E-state index contributed by atoms with van der Waals surface area (Å²) in [5, 5.41) is 0.879. The Hall–Kier alpha value is -4.01. The first-order valence-electron chi connectivity index (χ1n) is 9.95. The molecule has 4 aromatic rings. The Morgan fingerprint density at radius 3 is 2.42 bits per heavy atom. The molecule has 31 heavy (non-hydrogen) atoms. The molecule has 0 unspecified atom stereocenters. The molecule has 0 spiro atoms. The maximum atomic E-state index is 12.8. The van der Waals surface area contributed by atoms with Crippen molar-refractivity contribution in [3.8, 4) is 0 Å². The van der Waals surface area contributed by atoms with Gasteiger partial charge in [-0.15, -0.1) is 0 Å². The van der Waals surface area contributed by atoms with Gasteiger partial charge in [-0.2, -0.15) is 0 Å². The second-order valence-corrected chi connectivity index (χ2v) is 7.12. The highest BCUT2D eigenvalue weighted by Crippen LogP contribution is 2.10. The van der Waals surface area contributed by atoms with Crippen LogP contribution in [0.2, 0.25) is 0 Å². The van der Waals surface area contributed by atoms with Gasteiger partial charge in [0, 0.05) is 19.5 Å². The zero-order valence-electron chi connectivity index (χ0n) is 16.9. The maximum absolute atomic E-state index is 12.8. The van der Waals surface area contributed by atoms with Crippen LogP contribution in [-0.4, -0.2) is 36.9 Å². The highest BCUT2D eigenvalue weighted by atomic mass is 16.2. The summed E-state index contributed by atoms with van der Waals surface area (Å²) in [5.74, 6) is 0.200. The third-order valence-corrected chi connectivity index (χ3v) is 5.19. The molecule has 0 saturated heterocycles. The topological polar surface area (TPSA) is 121 Å². The number of carbonyl (C=O) groups is 1. The number of hydrogen-bond donors (Lipinski definition) is 2. The Bertz CT molecular complexity index is 1450. The molecule has 2 heterocycles. The predicted octanol–water partition coefficient (Wildman–Crippen LogP) is 1.37. The van der Waals surface area contributed by atoms with Crippen molar-refractivity contribution in [2.75, 3.05) is 6.54 Å². The summed E-state index contributed by atoms with van der Waals surface area (Å²) in [4.78, 5) is 60.4. The number of aromatic nitrogens is 4. The molecule has 9 heteroatoms. The van der Waals surface area contributed by atoms with Crippen molar-refractivity contribution in [3.05, 3.63) is 85.5 Å². The van der Waals surface area contributed by atoms with Crippen LogP contribution >= 0.6 is 0 Å². The van der Waals surface area contributed by atoms with E-state index in [0.29, 0.717) is 34.2 Å². The Morgan fingerprint density at radius 2 is 1.65 bits per heavy atom. The molecule has 1 amide bonds. The molecule has 0 aliphatic rings. The molecule has 0 radical (unpaired) electrons. The van der Waals surface area contributed by atoms with Gasteiger partial charge in [0.2, 0.25) is 5.91 Å². The summed E-state index contributed by atoms with van der Waals surface area (Å²) in [6.07, 6.45) is 0.0571. The largest absolute Gasteiger partial charge is 0.335 e. The molecule has 0 atom stereocenters. The molecule has 0 saturated carbocycles. The molecule has 2 N–H and O–H groups in total. The fourth-order valence-electron chi connectivity index (χ4n) is 3.60. The number of nitrogens with one attached hydrogen (secondary N) is 2. The number of amides is 1. The first-order valence-corrected chi connectivity index (χ1v) is 9.95. The van der Waals surface area contributed by atoms with Crippen LogP contribution in [0.25, 0.3) is 21.8 Å². The molecule has 2 aromatic heterocycles. The maximum Gasteiger partial charge on any atom is 0.328 e. The third-order valence-electron chi connectivity index (χ3n) is 5.19. The third kappa shape index (κ3) is 4.02. The van der Waals surface area contributed by atoms with Gasteiger partial charge in [-0.1, -0.05) is 24.3 Å². The van der Waals surface area contributed by atoms with E-state index in [-0.39, 0.29) is 31.0 Å². The van der Waals surface area contributed by atoms with Gasteiger partial charge in [0.05, 0.1) is 28.4 Å². The Labute approximate surface area is 176 Å². The van der Waals surface area contributed by atoms with Gasteiger partial charge in [-0.25, -0.2) is 9.78 Å². The van der Waals surface area contributed by atoms with Gasteiger partial charge >= 0.3 is 5.69 Å². The van der Waals surface area contributed by atoms with E-state index in [1.807, 2.05) is 6.92 Å². The lowest BCUT2D eigenvalue weighted by molar-refractivity contribution is -0.131. The van der Waals surface area contributed by atoms with E-state index in [1.165, 1.54) is 4.57 Å². The minimum Gasteiger partial charge on any atom is -0.335 e. The van der Waals surface area contributed by atoms with Gasteiger partial charge in [0.15, 0.2) is 0 Å². The zero-order chi connectivity index (χ0) is 22.0. The highest BCUT2D eigenvalue weighted by molar-refractivity contribution is 5.79. The molecular formula is C22H21N5O4. The molecule has 9 nitrogen and oxygen atoms in total. The number of fused-ring (bicyclic) bond motifs is 2. The molecule has 0 aliphatic heterocycles.